The Balaban J connectivity index is 1.88. The van der Waals surface area contributed by atoms with Crippen molar-refractivity contribution in [1.82, 2.24) is 19.7 Å². The highest BCUT2D eigenvalue weighted by atomic mass is 15.3. The maximum atomic E-state index is 4.75. The van der Waals surface area contributed by atoms with E-state index in [0.717, 1.165) is 35.3 Å². The van der Waals surface area contributed by atoms with Gasteiger partial charge in [-0.3, -0.25) is 4.68 Å². The molecule has 0 amide bonds. The van der Waals surface area contributed by atoms with Crippen LogP contribution in [0, 0.1) is 6.92 Å². The summed E-state index contributed by atoms with van der Waals surface area (Å²) >= 11 is 0. The zero-order valence-electron chi connectivity index (χ0n) is 16.2. The van der Waals surface area contributed by atoms with E-state index in [9.17, 15) is 0 Å². The molecule has 1 aromatic carbocycles. The van der Waals surface area contributed by atoms with Crippen molar-refractivity contribution in [3.8, 4) is 11.3 Å². The second kappa shape index (κ2) is 7.73. The monoisotopic (exact) mass is 347 g/mol. The van der Waals surface area contributed by atoms with Crippen molar-refractivity contribution < 1.29 is 0 Å². The molecule has 0 aliphatic carbocycles. The smallest absolute Gasteiger partial charge is 0.227 e. The molecule has 26 heavy (non-hydrogen) atoms. The van der Waals surface area contributed by atoms with Crippen LogP contribution in [0.1, 0.15) is 44.4 Å². The quantitative estimate of drug-likeness (QED) is 0.696. The van der Waals surface area contributed by atoms with Crippen molar-refractivity contribution in [2.24, 2.45) is 0 Å². The second-order valence-electron chi connectivity index (χ2n) is 7.04. The first-order chi connectivity index (χ1) is 12.5. The third-order valence-electron chi connectivity index (χ3n) is 4.49. The Kier molecular flexibility index (Phi) is 5.40. The van der Waals surface area contributed by atoms with Gasteiger partial charge >= 0.3 is 0 Å². The SMILES string of the molecule is Bc1cc(-c2nc(Nc3cnn(C(C)C)c3)ncc2C)ccc1CCC. The van der Waals surface area contributed by atoms with Gasteiger partial charge in [-0.15, -0.1) is 0 Å². The van der Waals surface area contributed by atoms with Gasteiger partial charge in [-0.25, -0.2) is 9.97 Å². The van der Waals surface area contributed by atoms with E-state index in [-0.39, 0.29) is 0 Å². The minimum absolute atomic E-state index is 0.324. The Morgan fingerprint density at radius 1 is 1.23 bits per heavy atom. The summed E-state index contributed by atoms with van der Waals surface area (Å²) in [5, 5.41) is 7.60. The van der Waals surface area contributed by atoms with Crippen molar-refractivity contribution in [2.75, 3.05) is 5.32 Å². The summed E-state index contributed by atoms with van der Waals surface area (Å²) in [4.78, 5) is 9.17. The summed E-state index contributed by atoms with van der Waals surface area (Å²) in [5.41, 5.74) is 6.77. The van der Waals surface area contributed by atoms with Crippen molar-refractivity contribution >= 4 is 24.9 Å². The van der Waals surface area contributed by atoms with Crippen molar-refractivity contribution in [3.63, 3.8) is 0 Å². The molecular formula is C20H26BN5. The summed E-state index contributed by atoms with van der Waals surface area (Å²) in [7, 11) is 2.17. The number of nitrogens with one attached hydrogen (secondary N) is 1. The predicted octanol–water partition coefficient (Wildman–Crippen LogP) is 3.18. The fourth-order valence-corrected chi connectivity index (χ4v) is 3.00. The lowest BCUT2D eigenvalue weighted by Crippen LogP contribution is -2.11. The third-order valence-corrected chi connectivity index (χ3v) is 4.49. The standard InChI is InChI=1S/C20H26BN5/c1-5-6-15-7-8-16(9-18(15)21)19-14(4)10-22-20(25-19)24-17-11-23-26(12-17)13(2)3/h7-13H,5-6,21H2,1-4H3,(H,22,24,25). The van der Waals surface area contributed by atoms with Crippen LogP contribution in [0.25, 0.3) is 11.3 Å². The van der Waals surface area contributed by atoms with Gasteiger partial charge in [0.15, 0.2) is 0 Å². The molecule has 0 aliphatic heterocycles. The molecule has 3 rings (SSSR count). The fourth-order valence-electron chi connectivity index (χ4n) is 3.00. The van der Waals surface area contributed by atoms with Crippen LogP contribution in [0.3, 0.4) is 0 Å². The molecular weight excluding hydrogens is 321 g/mol. The van der Waals surface area contributed by atoms with Crippen molar-refractivity contribution in [2.45, 2.75) is 46.6 Å². The summed E-state index contributed by atoms with van der Waals surface area (Å²) in [5.74, 6) is 0.587. The van der Waals surface area contributed by atoms with Crippen molar-refractivity contribution in [1.29, 1.82) is 0 Å². The predicted molar refractivity (Wildman–Crippen MR) is 110 cm³/mol. The van der Waals surface area contributed by atoms with Gasteiger partial charge in [0.05, 0.1) is 17.6 Å². The second-order valence-corrected chi connectivity index (χ2v) is 7.04. The van der Waals surface area contributed by atoms with Gasteiger partial charge in [-0.2, -0.15) is 5.10 Å². The lowest BCUT2D eigenvalue weighted by atomic mass is 9.86. The van der Waals surface area contributed by atoms with E-state index in [1.165, 1.54) is 11.0 Å². The number of rotatable bonds is 6. The molecule has 3 aromatic rings. The fraction of sp³-hybridized carbons (Fsp3) is 0.350. The lowest BCUT2D eigenvalue weighted by molar-refractivity contribution is 0.532. The Morgan fingerprint density at radius 3 is 2.69 bits per heavy atom. The first kappa shape index (κ1) is 18.2. The van der Waals surface area contributed by atoms with E-state index in [2.05, 4.69) is 62.2 Å². The van der Waals surface area contributed by atoms with Crippen LogP contribution < -0.4 is 10.8 Å². The van der Waals surface area contributed by atoms with Crippen LogP contribution in [0.2, 0.25) is 0 Å². The van der Waals surface area contributed by atoms with Gasteiger partial charge in [0.1, 0.15) is 7.85 Å². The number of hydrogen-bond acceptors (Lipinski definition) is 4. The normalized spacial score (nSPS) is 11.1. The van der Waals surface area contributed by atoms with Gasteiger partial charge in [0.2, 0.25) is 5.95 Å². The number of anilines is 2. The van der Waals surface area contributed by atoms with Crippen LogP contribution in [0.4, 0.5) is 11.6 Å². The van der Waals surface area contributed by atoms with E-state index in [1.54, 1.807) is 6.20 Å². The summed E-state index contributed by atoms with van der Waals surface area (Å²) < 4.78 is 1.91. The van der Waals surface area contributed by atoms with Crippen LogP contribution in [0.15, 0.2) is 36.8 Å². The average molecular weight is 347 g/mol. The van der Waals surface area contributed by atoms with E-state index < -0.39 is 0 Å². The lowest BCUT2D eigenvalue weighted by Gasteiger charge is -2.11. The average Bonchev–Trinajstić information content (AvgIpc) is 3.07. The first-order valence-electron chi connectivity index (χ1n) is 9.22. The van der Waals surface area contributed by atoms with E-state index in [4.69, 9.17) is 4.98 Å². The minimum atomic E-state index is 0.324. The minimum Gasteiger partial charge on any atom is -0.321 e. The summed E-state index contributed by atoms with van der Waals surface area (Å²) in [6.07, 6.45) is 7.91. The van der Waals surface area contributed by atoms with Gasteiger partial charge in [0.25, 0.3) is 0 Å². The van der Waals surface area contributed by atoms with Gasteiger partial charge in [-0.05, 0) is 32.8 Å². The summed E-state index contributed by atoms with van der Waals surface area (Å²) in [6, 6.07) is 6.93. The molecule has 0 saturated heterocycles. The van der Waals surface area contributed by atoms with E-state index in [0.29, 0.717) is 12.0 Å². The number of aromatic nitrogens is 4. The molecule has 0 radical (unpaired) electrons. The van der Waals surface area contributed by atoms with Gasteiger partial charge in [-0.1, -0.05) is 42.6 Å². The molecule has 0 aliphatic rings. The van der Waals surface area contributed by atoms with E-state index in [1.807, 2.05) is 24.0 Å². The molecule has 0 saturated carbocycles. The highest BCUT2D eigenvalue weighted by molar-refractivity contribution is 6.33. The first-order valence-corrected chi connectivity index (χ1v) is 9.22. The van der Waals surface area contributed by atoms with Crippen LogP contribution in [0.5, 0.6) is 0 Å². The highest BCUT2D eigenvalue weighted by Crippen LogP contribution is 2.23. The topological polar surface area (TPSA) is 55.6 Å². The van der Waals surface area contributed by atoms with Crippen molar-refractivity contribution in [3.05, 3.63) is 47.9 Å². The molecule has 134 valence electrons. The largest absolute Gasteiger partial charge is 0.321 e. The number of benzene rings is 1. The Bertz CT molecular complexity index is 901. The number of hydrogen-bond donors (Lipinski definition) is 1. The molecule has 0 fully saturated rings. The highest BCUT2D eigenvalue weighted by Gasteiger charge is 2.10. The van der Waals surface area contributed by atoms with Gasteiger partial charge in [0, 0.05) is 24.0 Å². The maximum Gasteiger partial charge on any atom is 0.227 e. The molecule has 1 N–H and O–H groups in total. The number of aryl methyl sites for hydroxylation is 2. The Morgan fingerprint density at radius 2 is 2.04 bits per heavy atom. The molecule has 2 aromatic heterocycles. The number of nitrogens with zero attached hydrogens (tertiary/aromatic N) is 4. The molecule has 0 atom stereocenters. The Hall–Kier alpha value is -2.63. The molecule has 6 heteroatoms. The van der Waals surface area contributed by atoms with Crippen LogP contribution >= 0.6 is 0 Å². The van der Waals surface area contributed by atoms with E-state index >= 15 is 0 Å². The molecule has 0 spiro atoms. The molecule has 2 heterocycles. The molecule has 0 unspecified atom stereocenters. The maximum absolute atomic E-state index is 4.75. The summed E-state index contributed by atoms with van der Waals surface area (Å²) in [6.45, 7) is 8.45. The van der Waals surface area contributed by atoms with Crippen LogP contribution in [-0.4, -0.2) is 27.6 Å². The molecule has 0 bridgehead atoms. The zero-order chi connectivity index (χ0) is 18.7. The van der Waals surface area contributed by atoms with Crippen LogP contribution in [-0.2, 0) is 6.42 Å². The van der Waals surface area contributed by atoms with Gasteiger partial charge < -0.3 is 5.32 Å². The molecule has 5 nitrogen and oxygen atoms in total. The third kappa shape index (κ3) is 3.95. The Labute approximate surface area is 156 Å². The zero-order valence-corrected chi connectivity index (χ0v) is 16.2.